The summed E-state index contributed by atoms with van der Waals surface area (Å²) in [6.45, 7) is 4.31. The standard InChI is InChI=1S/C29H28BrNO4/c1-18(2)15-22-17-26(30)28(20-7-12-24(35-4)13-8-20)31(22)27-14-9-21(16-25(27)29(32)33)19-5-10-23(34-3)11-6-19/h5-14,16-18H,15H2,1-4H3,(H,32,33). The lowest BCUT2D eigenvalue weighted by atomic mass is 10.0. The summed E-state index contributed by atoms with van der Waals surface area (Å²) in [6.07, 6.45) is 0.800. The monoisotopic (exact) mass is 533 g/mol. The van der Waals surface area contributed by atoms with Crippen LogP contribution < -0.4 is 9.47 Å². The van der Waals surface area contributed by atoms with Gasteiger partial charge in [-0.2, -0.15) is 0 Å². The van der Waals surface area contributed by atoms with E-state index in [1.807, 2.05) is 60.7 Å². The van der Waals surface area contributed by atoms with E-state index in [0.29, 0.717) is 11.6 Å². The summed E-state index contributed by atoms with van der Waals surface area (Å²) in [5.74, 6) is 0.936. The summed E-state index contributed by atoms with van der Waals surface area (Å²) >= 11 is 3.74. The fourth-order valence-corrected chi connectivity index (χ4v) is 4.92. The van der Waals surface area contributed by atoms with Crippen molar-refractivity contribution in [3.63, 3.8) is 0 Å². The fraction of sp³-hybridized carbons (Fsp3) is 0.207. The third-order valence-electron chi connectivity index (χ3n) is 5.90. The highest BCUT2D eigenvalue weighted by Crippen LogP contribution is 2.38. The van der Waals surface area contributed by atoms with E-state index >= 15 is 0 Å². The van der Waals surface area contributed by atoms with Crippen LogP contribution in [0.25, 0.3) is 28.1 Å². The molecule has 1 aromatic heterocycles. The molecule has 0 aliphatic carbocycles. The van der Waals surface area contributed by atoms with Crippen LogP contribution in [0.2, 0.25) is 0 Å². The van der Waals surface area contributed by atoms with Crippen LogP contribution >= 0.6 is 15.9 Å². The predicted molar refractivity (Wildman–Crippen MR) is 143 cm³/mol. The predicted octanol–water partition coefficient (Wildman–Crippen LogP) is 7.49. The SMILES string of the molecule is COc1ccc(-c2ccc(-n3c(CC(C)C)cc(Br)c3-c3ccc(OC)cc3)c(C(=O)O)c2)cc1. The van der Waals surface area contributed by atoms with Gasteiger partial charge in [0.25, 0.3) is 0 Å². The van der Waals surface area contributed by atoms with E-state index in [1.54, 1.807) is 20.3 Å². The third-order valence-corrected chi connectivity index (χ3v) is 6.51. The number of ether oxygens (including phenoxy) is 2. The Labute approximate surface area is 214 Å². The Hall–Kier alpha value is -3.51. The summed E-state index contributed by atoms with van der Waals surface area (Å²) in [7, 11) is 3.26. The first kappa shape index (κ1) is 24.6. The van der Waals surface area contributed by atoms with Gasteiger partial charge in [-0.3, -0.25) is 0 Å². The highest BCUT2D eigenvalue weighted by molar-refractivity contribution is 9.10. The molecule has 0 radical (unpaired) electrons. The molecule has 0 aliphatic heterocycles. The first-order valence-corrected chi connectivity index (χ1v) is 12.2. The highest BCUT2D eigenvalue weighted by atomic mass is 79.9. The van der Waals surface area contributed by atoms with E-state index in [2.05, 4.69) is 40.4 Å². The molecule has 0 spiro atoms. The van der Waals surface area contributed by atoms with Crippen molar-refractivity contribution in [2.45, 2.75) is 20.3 Å². The van der Waals surface area contributed by atoms with Crippen molar-refractivity contribution in [3.8, 4) is 39.6 Å². The Morgan fingerprint density at radius 3 is 1.91 bits per heavy atom. The maximum atomic E-state index is 12.5. The number of aromatic carboxylic acids is 1. The number of carboxylic acids is 1. The number of hydrogen-bond donors (Lipinski definition) is 1. The van der Waals surface area contributed by atoms with Gasteiger partial charge in [0.05, 0.1) is 31.2 Å². The molecule has 180 valence electrons. The quantitative estimate of drug-likeness (QED) is 0.255. The molecule has 0 aliphatic rings. The van der Waals surface area contributed by atoms with Crippen molar-refractivity contribution in [1.82, 2.24) is 4.57 Å². The van der Waals surface area contributed by atoms with Crippen molar-refractivity contribution in [2.75, 3.05) is 14.2 Å². The Kier molecular flexibility index (Phi) is 7.31. The number of methoxy groups -OCH3 is 2. The van der Waals surface area contributed by atoms with Crippen LogP contribution in [-0.2, 0) is 6.42 Å². The molecule has 3 aromatic carbocycles. The molecule has 35 heavy (non-hydrogen) atoms. The number of hydrogen-bond acceptors (Lipinski definition) is 3. The molecule has 1 N–H and O–H groups in total. The Morgan fingerprint density at radius 2 is 1.40 bits per heavy atom. The van der Waals surface area contributed by atoms with Gasteiger partial charge in [-0.25, -0.2) is 4.79 Å². The second-order valence-corrected chi connectivity index (χ2v) is 9.61. The van der Waals surface area contributed by atoms with Crippen LogP contribution in [0.3, 0.4) is 0 Å². The smallest absolute Gasteiger partial charge is 0.337 e. The van der Waals surface area contributed by atoms with Gasteiger partial charge in [-0.15, -0.1) is 0 Å². The van der Waals surface area contributed by atoms with E-state index < -0.39 is 5.97 Å². The molecule has 6 heteroatoms. The molecule has 5 nitrogen and oxygen atoms in total. The van der Waals surface area contributed by atoms with E-state index in [9.17, 15) is 9.90 Å². The Balaban J connectivity index is 1.92. The molecule has 0 unspecified atom stereocenters. The number of nitrogens with zero attached hydrogens (tertiary/aromatic N) is 1. The van der Waals surface area contributed by atoms with Gasteiger partial charge in [-0.1, -0.05) is 32.0 Å². The Bertz CT molecular complexity index is 1340. The molecule has 0 bridgehead atoms. The zero-order valence-corrected chi connectivity index (χ0v) is 21.8. The van der Waals surface area contributed by atoms with Crippen molar-refractivity contribution >= 4 is 21.9 Å². The topological polar surface area (TPSA) is 60.7 Å². The summed E-state index contributed by atoms with van der Waals surface area (Å²) < 4.78 is 13.5. The average Bonchev–Trinajstić information content (AvgIpc) is 3.18. The molecule has 1 heterocycles. The third kappa shape index (κ3) is 5.13. The lowest BCUT2D eigenvalue weighted by Gasteiger charge is -2.18. The largest absolute Gasteiger partial charge is 0.497 e. The molecule has 0 atom stereocenters. The van der Waals surface area contributed by atoms with E-state index in [-0.39, 0.29) is 5.56 Å². The van der Waals surface area contributed by atoms with Crippen molar-refractivity contribution < 1.29 is 19.4 Å². The lowest BCUT2D eigenvalue weighted by Crippen LogP contribution is -2.11. The number of carboxylic acid groups (broad SMARTS) is 1. The van der Waals surface area contributed by atoms with Crippen molar-refractivity contribution in [3.05, 3.63) is 88.5 Å². The molecular weight excluding hydrogens is 506 g/mol. The van der Waals surface area contributed by atoms with Crippen LogP contribution in [-0.4, -0.2) is 29.9 Å². The second kappa shape index (κ2) is 10.4. The average molecular weight is 534 g/mol. The van der Waals surface area contributed by atoms with Crippen molar-refractivity contribution in [1.29, 1.82) is 0 Å². The Morgan fingerprint density at radius 1 is 0.857 bits per heavy atom. The van der Waals surface area contributed by atoms with Crippen LogP contribution in [0, 0.1) is 5.92 Å². The molecule has 4 aromatic rings. The molecule has 0 saturated heterocycles. The summed E-state index contributed by atoms with van der Waals surface area (Å²) in [5.41, 5.74) is 5.52. The number of aromatic nitrogens is 1. The normalized spacial score (nSPS) is 11.0. The summed E-state index contributed by atoms with van der Waals surface area (Å²) in [6, 6.07) is 23.1. The number of benzene rings is 3. The summed E-state index contributed by atoms with van der Waals surface area (Å²) in [4.78, 5) is 12.5. The minimum atomic E-state index is -0.976. The number of rotatable bonds is 8. The zero-order chi connectivity index (χ0) is 25.1. The van der Waals surface area contributed by atoms with E-state index in [4.69, 9.17) is 9.47 Å². The zero-order valence-electron chi connectivity index (χ0n) is 20.2. The molecule has 0 amide bonds. The lowest BCUT2D eigenvalue weighted by molar-refractivity contribution is 0.0697. The first-order chi connectivity index (χ1) is 16.8. The fourth-order valence-electron chi connectivity index (χ4n) is 4.25. The maximum absolute atomic E-state index is 12.5. The van der Waals surface area contributed by atoms with Crippen LogP contribution in [0.5, 0.6) is 11.5 Å². The van der Waals surface area contributed by atoms with Crippen molar-refractivity contribution in [2.24, 2.45) is 5.92 Å². The van der Waals surface area contributed by atoms with Gasteiger partial charge >= 0.3 is 5.97 Å². The van der Waals surface area contributed by atoms with Gasteiger partial charge < -0.3 is 19.1 Å². The number of halogens is 1. The van der Waals surface area contributed by atoms with Crippen LogP contribution in [0.1, 0.15) is 29.9 Å². The van der Waals surface area contributed by atoms with E-state index in [0.717, 1.165) is 50.5 Å². The van der Waals surface area contributed by atoms with Gasteiger partial charge in [0, 0.05) is 10.2 Å². The molecular formula is C29H28BrNO4. The molecule has 0 saturated carbocycles. The molecule has 0 fully saturated rings. The maximum Gasteiger partial charge on any atom is 0.337 e. The second-order valence-electron chi connectivity index (χ2n) is 8.76. The van der Waals surface area contributed by atoms with Gasteiger partial charge in [0.2, 0.25) is 0 Å². The van der Waals surface area contributed by atoms with Gasteiger partial charge in [-0.05, 0) is 99.6 Å². The molecule has 4 rings (SSSR count). The van der Waals surface area contributed by atoms with Crippen LogP contribution in [0.4, 0.5) is 0 Å². The number of carbonyl (C=O) groups is 1. The minimum absolute atomic E-state index is 0.237. The van der Waals surface area contributed by atoms with Crippen LogP contribution in [0.15, 0.2) is 77.3 Å². The van der Waals surface area contributed by atoms with Gasteiger partial charge in [0.15, 0.2) is 0 Å². The summed E-state index contributed by atoms with van der Waals surface area (Å²) in [5, 5.41) is 10.2. The van der Waals surface area contributed by atoms with Gasteiger partial charge in [0.1, 0.15) is 11.5 Å². The minimum Gasteiger partial charge on any atom is -0.497 e. The first-order valence-electron chi connectivity index (χ1n) is 11.4. The van der Waals surface area contributed by atoms with E-state index in [1.165, 1.54) is 0 Å². The highest BCUT2D eigenvalue weighted by Gasteiger charge is 2.22.